The molecule has 0 aliphatic heterocycles. The molecule has 20 heavy (non-hydrogen) atoms. The highest BCUT2D eigenvalue weighted by Gasteiger charge is 2.26. The lowest BCUT2D eigenvalue weighted by molar-refractivity contribution is -0.135. The highest BCUT2D eigenvalue weighted by molar-refractivity contribution is 5.82. The Kier molecular flexibility index (Phi) is 4.38. The first-order chi connectivity index (χ1) is 9.38. The minimum atomic E-state index is -4.08. The van der Waals surface area contributed by atoms with Gasteiger partial charge in [0.15, 0.2) is 0 Å². The fraction of sp³-hybridized carbons (Fsp3) is 0.467. The molecule has 1 heterocycles. The number of hydrogen-bond donors (Lipinski definition) is 1. The van der Waals surface area contributed by atoms with E-state index in [2.05, 4.69) is 5.32 Å². The maximum absolute atomic E-state index is 12.1. The molecule has 2 aromatic rings. The molecule has 1 aromatic heterocycles. The summed E-state index contributed by atoms with van der Waals surface area (Å²) in [5.74, 6) is 0.790. The third-order valence-corrected chi connectivity index (χ3v) is 3.36. The number of para-hydroxylation sites is 1. The maximum atomic E-state index is 12.1. The van der Waals surface area contributed by atoms with Crippen LogP contribution in [0.3, 0.4) is 0 Å². The number of aryl methyl sites for hydroxylation is 1. The minimum Gasteiger partial charge on any atom is -0.459 e. The monoisotopic (exact) mass is 285 g/mol. The van der Waals surface area contributed by atoms with Crippen molar-refractivity contribution in [3.63, 3.8) is 0 Å². The molecule has 1 unspecified atom stereocenters. The van der Waals surface area contributed by atoms with Crippen LogP contribution < -0.4 is 5.32 Å². The van der Waals surface area contributed by atoms with Crippen LogP contribution in [0.2, 0.25) is 0 Å². The summed E-state index contributed by atoms with van der Waals surface area (Å²) in [6, 6.07) is 7.61. The molecule has 1 aromatic carbocycles. The van der Waals surface area contributed by atoms with Gasteiger partial charge in [-0.05, 0) is 38.4 Å². The van der Waals surface area contributed by atoms with E-state index in [4.69, 9.17) is 4.42 Å². The molecule has 0 aliphatic rings. The molecule has 0 aliphatic carbocycles. The summed E-state index contributed by atoms with van der Waals surface area (Å²) >= 11 is 0. The Bertz CT molecular complexity index is 574. The van der Waals surface area contributed by atoms with E-state index in [0.29, 0.717) is 6.54 Å². The molecule has 1 atom stereocenters. The Morgan fingerprint density at radius 1 is 1.25 bits per heavy atom. The second-order valence-electron chi connectivity index (χ2n) is 4.98. The molecule has 0 bridgehead atoms. The van der Waals surface area contributed by atoms with E-state index in [9.17, 15) is 13.2 Å². The summed E-state index contributed by atoms with van der Waals surface area (Å²) in [5, 5.41) is 4.13. The molecule has 0 saturated carbocycles. The summed E-state index contributed by atoms with van der Waals surface area (Å²) < 4.78 is 42.0. The van der Waals surface area contributed by atoms with Crippen molar-refractivity contribution in [3.8, 4) is 0 Å². The van der Waals surface area contributed by atoms with Gasteiger partial charge in [-0.1, -0.05) is 18.2 Å². The predicted molar refractivity (Wildman–Crippen MR) is 72.7 cm³/mol. The van der Waals surface area contributed by atoms with Gasteiger partial charge in [0.2, 0.25) is 0 Å². The summed E-state index contributed by atoms with van der Waals surface area (Å²) in [6.45, 7) is 4.19. The molecular formula is C15H18F3NO. The molecular weight excluding hydrogens is 267 g/mol. The first-order valence-electron chi connectivity index (χ1n) is 6.66. The van der Waals surface area contributed by atoms with Gasteiger partial charge in [-0.25, -0.2) is 0 Å². The highest BCUT2D eigenvalue weighted by Crippen LogP contribution is 2.29. The van der Waals surface area contributed by atoms with E-state index in [0.717, 1.165) is 22.3 Å². The Morgan fingerprint density at radius 2 is 1.95 bits per heavy atom. The topological polar surface area (TPSA) is 25.2 Å². The quantitative estimate of drug-likeness (QED) is 0.803. The minimum absolute atomic E-state index is 0.0765. The van der Waals surface area contributed by atoms with Crippen LogP contribution in [-0.2, 0) is 0 Å². The lowest BCUT2D eigenvalue weighted by Crippen LogP contribution is -2.21. The van der Waals surface area contributed by atoms with Crippen LogP contribution in [-0.4, -0.2) is 12.7 Å². The molecule has 0 spiro atoms. The van der Waals surface area contributed by atoms with Crippen molar-refractivity contribution in [2.24, 2.45) is 0 Å². The number of alkyl halides is 3. The summed E-state index contributed by atoms with van der Waals surface area (Å²) in [7, 11) is 0. The molecule has 5 heteroatoms. The maximum Gasteiger partial charge on any atom is 0.389 e. The van der Waals surface area contributed by atoms with Gasteiger partial charge in [0.05, 0.1) is 6.04 Å². The van der Waals surface area contributed by atoms with Gasteiger partial charge in [-0.3, -0.25) is 0 Å². The second kappa shape index (κ2) is 5.87. The zero-order valence-corrected chi connectivity index (χ0v) is 11.6. The Morgan fingerprint density at radius 3 is 2.60 bits per heavy atom. The highest BCUT2D eigenvalue weighted by atomic mass is 19.4. The van der Waals surface area contributed by atoms with Gasteiger partial charge in [-0.2, -0.15) is 13.2 Å². The van der Waals surface area contributed by atoms with Gasteiger partial charge in [0, 0.05) is 11.8 Å². The van der Waals surface area contributed by atoms with E-state index < -0.39 is 12.6 Å². The number of halogens is 3. The SMILES string of the molecule is Cc1c(C(C)NCCCC(F)(F)F)oc2ccccc12. The Labute approximate surface area is 116 Å². The number of fused-ring (bicyclic) bond motifs is 1. The molecule has 2 rings (SSSR count). The number of nitrogens with one attached hydrogen (secondary N) is 1. The van der Waals surface area contributed by atoms with E-state index in [1.807, 2.05) is 38.1 Å². The second-order valence-corrected chi connectivity index (χ2v) is 4.98. The standard InChI is InChI=1S/C15H18F3NO/c1-10-12-6-3-4-7-13(12)20-14(10)11(2)19-9-5-8-15(16,17)18/h3-4,6-7,11,19H,5,8-9H2,1-2H3. The van der Waals surface area contributed by atoms with Gasteiger partial charge in [0.1, 0.15) is 11.3 Å². The summed E-state index contributed by atoms with van der Waals surface area (Å²) in [4.78, 5) is 0. The van der Waals surface area contributed by atoms with E-state index in [1.54, 1.807) is 0 Å². The Balaban J connectivity index is 1.97. The molecule has 1 N–H and O–H groups in total. The van der Waals surface area contributed by atoms with Crippen LogP contribution in [0, 0.1) is 6.92 Å². The van der Waals surface area contributed by atoms with Crippen LogP contribution in [0.5, 0.6) is 0 Å². The van der Waals surface area contributed by atoms with Crippen LogP contribution in [0.25, 0.3) is 11.0 Å². The predicted octanol–water partition coefficient (Wildman–Crippen LogP) is 4.73. The third-order valence-electron chi connectivity index (χ3n) is 3.36. The van der Waals surface area contributed by atoms with Crippen LogP contribution in [0.15, 0.2) is 28.7 Å². The molecule has 0 fully saturated rings. The van der Waals surface area contributed by atoms with Crippen molar-refractivity contribution in [1.29, 1.82) is 0 Å². The average Bonchev–Trinajstić information content (AvgIpc) is 2.72. The number of furan rings is 1. The largest absolute Gasteiger partial charge is 0.459 e. The third kappa shape index (κ3) is 3.54. The first kappa shape index (κ1) is 14.9. The van der Waals surface area contributed by atoms with Gasteiger partial charge >= 0.3 is 6.18 Å². The van der Waals surface area contributed by atoms with Crippen LogP contribution in [0.4, 0.5) is 13.2 Å². The van der Waals surface area contributed by atoms with Crippen molar-refractivity contribution in [2.45, 2.75) is 38.9 Å². The van der Waals surface area contributed by atoms with Gasteiger partial charge < -0.3 is 9.73 Å². The molecule has 0 amide bonds. The smallest absolute Gasteiger partial charge is 0.389 e. The average molecular weight is 285 g/mol. The van der Waals surface area contributed by atoms with E-state index in [-0.39, 0.29) is 12.5 Å². The summed E-state index contributed by atoms with van der Waals surface area (Å²) in [5.41, 5.74) is 1.85. The van der Waals surface area contributed by atoms with Crippen LogP contribution >= 0.6 is 0 Å². The Hall–Kier alpha value is -1.49. The number of benzene rings is 1. The van der Waals surface area contributed by atoms with Crippen molar-refractivity contribution >= 4 is 11.0 Å². The van der Waals surface area contributed by atoms with Crippen LogP contribution in [0.1, 0.15) is 37.1 Å². The van der Waals surface area contributed by atoms with Crippen molar-refractivity contribution < 1.29 is 17.6 Å². The fourth-order valence-electron chi connectivity index (χ4n) is 2.31. The van der Waals surface area contributed by atoms with Gasteiger partial charge in [-0.15, -0.1) is 0 Å². The number of rotatable bonds is 5. The van der Waals surface area contributed by atoms with Crippen molar-refractivity contribution in [3.05, 3.63) is 35.6 Å². The normalized spacial score (nSPS) is 13.8. The van der Waals surface area contributed by atoms with Gasteiger partial charge in [0.25, 0.3) is 0 Å². The van der Waals surface area contributed by atoms with Crippen molar-refractivity contribution in [1.82, 2.24) is 5.32 Å². The first-order valence-corrected chi connectivity index (χ1v) is 6.66. The lowest BCUT2D eigenvalue weighted by Gasteiger charge is -2.13. The lowest BCUT2D eigenvalue weighted by atomic mass is 10.1. The van der Waals surface area contributed by atoms with E-state index in [1.165, 1.54) is 0 Å². The zero-order chi connectivity index (χ0) is 14.8. The fourth-order valence-corrected chi connectivity index (χ4v) is 2.31. The molecule has 0 radical (unpaired) electrons. The van der Waals surface area contributed by atoms with E-state index >= 15 is 0 Å². The zero-order valence-electron chi connectivity index (χ0n) is 11.6. The molecule has 2 nitrogen and oxygen atoms in total. The summed E-state index contributed by atoms with van der Waals surface area (Å²) in [6.07, 6.45) is -4.76. The van der Waals surface area contributed by atoms with Crippen molar-refractivity contribution in [2.75, 3.05) is 6.54 Å². The number of hydrogen-bond acceptors (Lipinski definition) is 2. The molecule has 0 saturated heterocycles. The molecule has 110 valence electrons.